The van der Waals surface area contributed by atoms with Crippen molar-refractivity contribution in [1.29, 1.82) is 0 Å². The van der Waals surface area contributed by atoms with Gasteiger partial charge < -0.3 is 9.41 Å². The van der Waals surface area contributed by atoms with Gasteiger partial charge in [-0.3, -0.25) is 4.98 Å². The van der Waals surface area contributed by atoms with E-state index in [2.05, 4.69) is 43.3 Å². The fourth-order valence-corrected chi connectivity index (χ4v) is 2.93. The molecule has 7 nitrogen and oxygen atoms in total. The van der Waals surface area contributed by atoms with Crippen LogP contribution in [0.5, 0.6) is 0 Å². The number of aromatic nitrogens is 6. The molecule has 4 aromatic rings. The number of hydrogen-bond donors (Lipinski definition) is 0. The van der Waals surface area contributed by atoms with Crippen molar-refractivity contribution in [2.24, 2.45) is 0 Å². The standard InChI is InChI=1S/C19H17N7/c1-12(2)25-11-22-18(14-7-5-6-13(3)23-14)19(25)15-8-9-16-21-10-17(20-4)26(16)24-15/h5-12H,1-3H3. The van der Waals surface area contributed by atoms with Crippen molar-refractivity contribution in [3.8, 4) is 22.8 Å². The van der Waals surface area contributed by atoms with E-state index in [-0.39, 0.29) is 6.04 Å². The summed E-state index contributed by atoms with van der Waals surface area (Å²) in [5.74, 6) is 0.382. The van der Waals surface area contributed by atoms with Gasteiger partial charge in [0, 0.05) is 17.8 Å². The van der Waals surface area contributed by atoms with Gasteiger partial charge in [0.25, 0.3) is 5.82 Å². The van der Waals surface area contributed by atoms with Gasteiger partial charge in [0.05, 0.1) is 18.2 Å². The molecular formula is C19H17N7. The van der Waals surface area contributed by atoms with Gasteiger partial charge in [-0.05, 0) is 39.0 Å². The monoisotopic (exact) mass is 343 g/mol. The van der Waals surface area contributed by atoms with Gasteiger partial charge in [0.2, 0.25) is 5.65 Å². The predicted molar refractivity (Wildman–Crippen MR) is 98.8 cm³/mol. The van der Waals surface area contributed by atoms with Gasteiger partial charge in [0.15, 0.2) is 0 Å². The lowest BCUT2D eigenvalue weighted by molar-refractivity contribution is 0.604. The van der Waals surface area contributed by atoms with Gasteiger partial charge in [-0.25, -0.2) is 9.97 Å². The maximum Gasteiger partial charge on any atom is 0.275 e. The highest BCUT2D eigenvalue weighted by molar-refractivity contribution is 5.75. The number of nitrogens with zero attached hydrogens (tertiary/aromatic N) is 7. The summed E-state index contributed by atoms with van der Waals surface area (Å²) in [6, 6.07) is 9.86. The topological polar surface area (TPSA) is 65.3 Å². The summed E-state index contributed by atoms with van der Waals surface area (Å²) in [6.07, 6.45) is 3.34. The van der Waals surface area contributed by atoms with Crippen LogP contribution in [0.1, 0.15) is 25.6 Å². The molecule has 0 aromatic carbocycles. The SMILES string of the molecule is [C-]#[N+]c1cnc2ccc(-c3c(-c4cccc(C)n4)ncn3C(C)C)nn12. The molecule has 0 spiro atoms. The third-order valence-electron chi connectivity index (χ3n) is 4.18. The maximum absolute atomic E-state index is 7.29. The molecule has 0 aliphatic carbocycles. The van der Waals surface area contributed by atoms with Crippen molar-refractivity contribution >= 4 is 11.5 Å². The minimum atomic E-state index is 0.205. The number of rotatable bonds is 3. The molecule has 0 N–H and O–H groups in total. The largest absolute Gasteiger partial charge is 0.360 e. The Kier molecular flexibility index (Phi) is 3.73. The molecule has 128 valence electrons. The summed E-state index contributed by atoms with van der Waals surface area (Å²) in [6.45, 7) is 13.4. The Balaban J connectivity index is 1.98. The van der Waals surface area contributed by atoms with Gasteiger partial charge in [-0.2, -0.15) is 0 Å². The highest BCUT2D eigenvalue weighted by Gasteiger charge is 2.20. The Bertz CT molecular complexity index is 1140. The van der Waals surface area contributed by atoms with E-state index in [0.717, 1.165) is 28.5 Å². The number of pyridine rings is 1. The van der Waals surface area contributed by atoms with Crippen molar-refractivity contribution in [2.75, 3.05) is 0 Å². The number of aryl methyl sites for hydroxylation is 1. The summed E-state index contributed by atoms with van der Waals surface area (Å²) >= 11 is 0. The molecule has 0 aliphatic heterocycles. The van der Waals surface area contributed by atoms with E-state index in [0.29, 0.717) is 11.5 Å². The molecule has 0 aliphatic rings. The van der Waals surface area contributed by atoms with Gasteiger partial charge >= 0.3 is 0 Å². The summed E-state index contributed by atoms with van der Waals surface area (Å²) in [7, 11) is 0. The summed E-state index contributed by atoms with van der Waals surface area (Å²) in [5.41, 5.74) is 4.76. The van der Waals surface area contributed by atoms with Crippen LogP contribution in [0, 0.1) is 13.5 Å². The van der Waals surface area contributed by atoms with E-state index < -0.39 is 0 Å². The second-order valence-electron chi connectivity index (χ2n) is 6.32. The quantitative estimate of drug-likeness (QED) is 0.525. The molecule has 7 heteroatoms. The summed E-state index contributed by atoms with van der Waals surface area (Å²) < 4.78 is 3.63. The number of imidazole rings is 2. The highest BCUT2D eigenvalue weighted by Crippen LogP contribution is 2.31. The lowest BCUT2D eigenvalue weighted by Crippen LogP contribution is -2.04. The van der Waals surface area contributed by atoms with E-state index >= 15 is 0 Å². The minimum absolute atomic E-state index is 0.205. The van der Waals surface area contributed by atoms with Gasteiger partial charge in [0.1, 0.15) is 17.1 Å². The van der Waals surface area contributed by atoms with E-state index in [1.165, 1.54) is 6.20 Å². The van der Waals surface area contributed by atoms with Crippen LogP contribution in [0.3, 0.4) is 0 Å². The van der Waals surface area contributed by atoms with Crippen LogP contribution in [-0.2, 0) is 0 Å². The van der Waals surface area contributed by atoms with Crippen molar-refractivity contribution < 1.29 is 0 Å². The molecule has 0 fully saturated rings. The van der Waals surface area contributed by atoms with E-state index in [9.17, 15) is 0 Å². The zero-order chi connectivity index (χ0) is 18.3. The van der Waals surface area contributed by atoms with E-state index in [4.69, 9.17) is 6.57 Å². The van der Waals surface area contributed by atoms with Crippen LogP contribution >= 0.6 is 0 Å². The zero-order valence-corrected chi connectivity index (χ0v) is 14.7. The summed E-state index contributed by atoms with van der Waals surface area (Å²) in [4.78, 5) is 16.9. The van der Waals surface area contributed by atoms with Crippen LogP contribution in [0.2, 0.25) is 0 Å². The molecule has 0 saturated carbocycles. The Morgan fingerprint density at radius 1 is 1.08 bits per heavy atom. The Labute approximate surface area is 150 Å². The third-order valence-corrected chi connectivity index (χ3v) is 4.18. The Morgan fingerprint density at radius 2 is 1.92 bits per heavy atom. The molecule has 0 unspecified atom stereocenters. The highest BCUT2D eigenvalue weighted by atomic mass is 15.3. The molecule has 0 radical (unpaired) electrons. The second kappa shape index (κ2) is 6.08. The van der Waals surface area contributed by atoms with E-state index in [1.54, 1.807) is 4.52 Å². The van der Waals surface area contributed by atoms with Crippen molar-refractivity contribution in [1.82, 2.24) is 29.1 Å². The Hall–Kier alpha value is -3.53. The lowest BCUT2D eigenvalue weighted by Gasteiger charge is -2.12. The first-order chi connectivity index (χ1) is 12.6. The third kappa shape index (κ3) is 2.52. The molecule has 26 heavy (non-hydrogen) atoms. The normalized spacial score (nSPS) is 11.2. The predicted octanol–water partition coefficient (Wildman–Crippen LogP) is 4.09. The lowest BCUT2D eigenvalue weighted by atomic mass is 10.1. The fraction of sp³-hybridized carbons (Fsp3) is 0.211. The van der Waals surface area contributed by atoms with Crippen LogP contribution < -0.4 is 0 Å². The summed E-state index contributed by atoms with van der Waals surface area (Å²) in [5, 5.41) is 4.65. The molecule has 0 atom stereocenters. The average Bonchev–Trinajstić information content (AvgIpc) is 3.25. The molecule has 0 saturated heterocycles. The smallest absolute Gasteiger partial charge is 0.275 e. The van der Waals surface area contributed by atoms with Gasteiger partial charge in [-0.15, -0.1) is 4.52 Å². The molecule has 4 heterocycles. The second-order valence-corrected chi connectivity index (χ2v) is 6.32. The first kappa shape index (κ1) is 16.0. The zero-order valence-electron chi connectivity index (χ0n) is 14.7. The fourth-order valence-electron chi connectivity index (χ4n) is 2.93. The van der Waals surface area contributed by atoms with E-state index in [1.807, 2.05) is 43.6 Å². The van der Waals surface area contributed by atoms with Crippen LogP contribution in [-0.4, -0.2) is 29.1 Å². The van der Waals surface area contributed by atoms with Crippen LogP contribution in [0.15, 0.2) is 42.9 Å². The Morgan fingerprint density at radius 3 is 2.65 bits per heavy atom. The molecule has 0 bridgehead atoms. The van der Waals surface area contributed by atoms with Gasteiger partial charge in [-0.1, -0.05) is 17.7 Å². The average molecular weight is 343 g/mol. The molecule has 4 aromatic heterocycles. The van der Waals surface area contributed by atoms with Crippen molar-refractivity contribution in [2.45, 2.75) is 26.8 Å². The number of fused-ring (bicyclic) bond motifs is 1. The maximum atomic E-state index is 7.29. The first-order valence-corrected chi connectivity index (χ1v) is 8.32. The first-order valence-electron chi connectivity index (χ1n) is 8.32. The van der Waals surface area contributed by atoms with Crippen molar-refractivity contribution in [3.05, 3.63) is 60.0 Å². The van der Waals surface area contributed by atoms with Crippen LogP contribution in [0.25, 0.3) is 33.3 Å². The molecule has 0 amide bonds. The van der Waals surface area contributed by atoms with Crippen molar-refractivity contribution in [3.63, 3.8) is 0 Å². The number of hydrogen-bond acceptors (Lipinski definition) is 4. The molecular weight excluding hydrogens is 326 g/mol. The molecule has 4 rings (SSSR count). The van der Waals surface area contributed by atoms with Crippen LogP contribution in [0.4, 0.5) is 5.82 Å². The minimum Gasteiger partial charge on any atom is -0.360 e.